The SMILES string of the molecule is CCC1(CNS(=O)(=O)c2cc(CNC)oc2Br)CC1. The Kier molecular flexibility index (Phi) is 4.39. The van der Waals surface area contributed by atoms with E-state index < -0.39 is 10.0 Å². The number of nitrogens with one attached hydrogen (secondary N) is 2. The maximum Gasteiger partial charge on any atom is 0.244 e. The molecule has 2 rings (SSSR count). The van der Waals surface area contributed by atoms with Gasteiger partial charge < -0.3 is 9.73 Å². The van der Waals surface area contributed by atoms with E-state index in [1.165, 1.54) is 0 Å². The van der Waals surface area contributed by atoms with Crippen LogP contribution >= 0.6 is 15.9 Å². The van der Waals surface area contributed by atoms with Crippen LogP contribution in [0.25, 0.3) is 0 Å². The van der Waals surface area contributed by atoms with Gasteiger partial charge in [-0.2, -0.15) is 0 Å². The van der Waals surface area contributed by atoms with Crippen molar-refractivity contribution in [3.8, 4) is 0 Å². The standard InChI is InChI=1S/C12H19BrN2O3S/c1-3-12(4-5-12)8-15-19(16,17)10-6-9(7-14-2)18-11(10)13/h6,14-15H,3-5,7-8H2,1-2H3. The van der Waals surface area contributed by atoms with E-state index in [1.54, 1.807) is 13.1 Å². The van der Waals surface area contributed by atoms with Gasteiger partial charge in [0, 0.05) is 12.6 Å². The Morgan fingerprint density at radius 2 is 2.16 bits per heavy atom. The Morgan fingerprint density at radius 1 is 1.47 bits per heavy atom. The summed E-state index contributed by atoms with van der Waals surface area (Å²) in [5.41, 5.74) is 0.178. The van der Waals surface area contributed by atoms with E-state index in [1.807, 2.05) is 0 Å². The average Bonchev–Trinajstić information content (AvgIpc) is 3.05. The monoisotopic (exact) mass is 350 g/mol. The summed E-state index contributed by atoms with van der Waals surface area (Å²) in [6, 6.07) is 1.55. The lowest BCUT2D eigenvalue weighted by atomic mass is 10.1. The van der Waals surface area contributed by atoms with Crippen molar-refractivity contribution >= 4 is 26.0 Å². The molecule has 0 aliphatic heterocycles. The van der Waals surface area contributed by atoms with Crippen LogP contribution < -0.4 is 10.0 Å². The molecule has 0 unspecified atom stereocenters. The van der Waals surface area contributed by atoms with Crippen LogP contribution in [0.3, 0.4) is 0 Å². The fraction of sp³-hybridized carbons (Fsp3) is 0.667. The van der Waals surface area contributed by atoms with E-state index in [-0.39, 0.29) is 15.0 Å². The number of furan rings is 1. The van der Waals surface area contributed by atoms with Gasteiger partial charge in [-0.3, -0.25) is 0 Å². The number of hydrogen-bond acceptors (Lipinski definition) is 4. The Labute approximate surface area is 122 Å². The van der Waals surface area contributed by atoms with Gasteiger partial charge in [0.1, 0.15) is 10.7 Å². The zero-order valence-corrected chi connectivity index (χ0v) is 13.5. The zero-order valence-electron chi connectivity index (χ0n) is 11.1. The number of rotatable bonds is 7. The highest BCUT2D eigenvalue weighted by molar-refractivity contribution is 9.10. The van der Waals surface area contributed by atoms with Crippen molar-refractivity contribution in [1.29, 1.82) is 0 Å². The smallest absolute Gasteiger partial charge is 0.244 e. The highest BCUT2D eigenvalue weighted by Gasteiger charge is 2.41. The first-order valence-electron chi connectivity index (χ1n) is 6.35. The van der Waals surface area contributed by atoms with Crippen LogP contribution in [-0.2, 0) is 16.6 Å². The molecule has 0 amide bonds. The van der Waals surface area contributed by atoms with Gasteiger partial charge in [0.05, 0.1) is 6.54 Å². The minimum Gasteiger partial charge on any atom is -0.452 e. The van der Waals surface area contributed by atoms with E-state index in [4.69, 9.17) is 4.42 Å². The fourth-order valence-corrected chi connectivity index (χ4v) is 4.15. The quantitative estimate of drug-likeness (QED) is 0.790. The molecule has 1 aromatic heterocycles. The molecule has 19 heavy (non-hydrogen) atoms. The fourth-order valence-electron chi connectivity index (χ4n) is 2.00. The van der Waals surface area contributed by atoms with Gasteiger partial charge in [-0.25, -0.2) is 13.1 Å². The summed E-state index contributed by atoms with van der Waals surface area (Å²) >= 11 is 3.16. The molecule has 1 aliphatic carbocycles. The lowest BCUT2D eigenvalue weighted by Crippen LogP contribution is -2.30. The van der Waals surface area contributed by atoms with Crippen molar-refractivity contribution in [3.63, 3.8) is 0 Å². The van der Waals surface area contributed by atoms with Crippen LogP contribution in [0.1, 0.15) is 31.9 Å². The van der Waals surface area contributed by atoms with Gasteiger partial charge in [0.25, 0.3) is 0 Å². The topological polar surface area (TPSA) is 71.3 Å². The highest BCUT2D eigenvalue weighted by atomic mass is 79.9. The molecule has 108 valence electrons. The molecule has 5 nitrogen and oxygen atoms in total. The number of hydrogen-bond donors (Lipinski definition) is 2. The molecular formula is C12H19BrN2O3S. The van der Waals surface area contributed by atoms with Crippen LogP contribution in [0.2, 0.25) is 0 Å². The first kappa shape index (κ1) is 15.0. The predicted octanol–water partition coefficient (Wildman–Crippen LogP) is 2.23. The van der Waals surface area contributed by atoms with Crippen molar-refractivity contribution in [3.05, 3.63) is 16.5 Å². The van der Waals surface area contributed by atoms with Crippen LogP contribution in [0.15, 0.2) is 20.0 Å². The summed E-state index contributed by atoms with van der Waals surface area (Å²) in [4.78, 5) is 0.171. The summed E-state index contributed by atoms with van der Waals surface area (Å²) < 4.78 is 32.8. The van der Waals surface area contributed by atoms with Gasteiger partial charge in [0.2, 0.25) is 10.0 Å². The second-order valence-corrected chi connectivity index (χ2v) is 7.51. The molecule has 1 fully saturated rings. The Hall–Kier alpha value is -0.370. The first-order chi connectivity index (χ1) is 8.92. The van der Waals surface area contributed by atoms with Crippen molar-refractivity contribution in [2.75, 3.05) is 13.6 Å². The lowest BCUT2D eigenvalue weighted by Gasteiger charge is -2.12. The minimum atomic E-state index is -3.51. The van der Waals surface area contributed by atoms with Crippen LogP contribution in [0.4, 0.5) is 0 Å². The first-order valence-corrected chi connectivity index (χ1v) is 8.62. The van der Waals surface area contributed by atoms with Gasteiger partial charge >= 0.3 is 0 Å². The Balaban J connectivity index is 2.10. The van der Waals surface area contributed by atoms with E-state index in [2.05, 4.69) is 32.9 Å². The molecule has 7 heteroatoms. The van der Waals surface area contributed by atoms with E-state index in [0.29, 0.717) is 18.8 Å². The molecule has 1 saturated carbocycles. The normalized spacial score (nSPS) is 17.6. The van der Waals surface area contributed by atoms with Crippen molar-refractivity contribution in [2.24, 2.45) is 5.41 Å². The number of halogens is 1. The molecule has 0 aromatic carbocycles. The summed E-state index contributed by atoms with van der Waals surface area (Å²) in [6.07, 6.45) is 3.21. The third kappa shape index (κ3) is 3.39. The van der Waals surface area contributed by atoms with Crippen molar-refractivity contribution in [1.82, 2.24) is 10.0 Å². The van der Waals surface area contributed by atoms with Gasteiger partial charge in [-0.05, 0) is 47.7 Å². The maximum absolute atomic E-state index is 12.2. The number of sulfonamides is 1. The largest absolute Gasteiger partial charge is 0.452 e. The van der Waals surface area contributed by atoms with Crippen LogP contribution in [0, 0.1) is 5.41 Å². The van der Waals surface area contributed by atoms with E-state index in [0.717, 1.165) is 19.3 Å². The molecule has 0 atom stereocenters. The van der Waals surface area contributed by atoms with Crippen LogP contribution in [0.5, 0.6) is 0 Å². The van der Waals surface area contributed by atoms with E-state index >= 15 is 0 Å². The molecule has 0 spiro atoms. The average molecular weight is 351 g/mol. The highest BCUT2D eigenvalue weighted by Crippen LogP contribution is 2.48. The molecule has 1 heterocycles. The van der Waals surface area contributed by atoms with Gasteiger partial charge in [-0.15, -0.1) is 0 Å². The third-order valence-corrected chi connectivity index (χ3v) is 5.95. The minimum absolute atomic E-state index is 0.171. The summed E-state index contributed by atoms with van der Waals surface area (Å²) in [5.74, 6) is 0.589. The summed E-state index contributed by atoms with van der Waals surface area (Å²) in [6.45, 7) is 3.10. The molecule has 0 radical (unpaired) electrons. The predicted molar refractivity (Wildman–Crippen MR) is 76.3 cm³/mol. The third-order valence-electron chi connectivity index (χ3n) is 3.69. The molecule has 1 aromatic rings. The Morgan fingerprint density at radius 3 is 2.68 bits per heavy atom. The Bertz CT molecular complexity index is 549. The van der Waals surface area contributed by atoms with Crippen LogP contribution in [-0.4, -0.2) is 22.0 Å². The second kappa shape index (κ2) is 5.55. The summed E-state index contributed by atoms with van der Waals surface area (Å²) in [7, 11) is -1.73. The lowest BCUT2D eigenvalue weighted by molar-refractivity contribution is 0.465. The summed E-state index contributed by atoms with van der Waals surface area (Å²) in [5, 5.41) is 2.92. The van der Waals surface area contributed by atoms with E-state index in [9.17, 15) is 8.42 Å². The van der Waals surface area contributed by atoms with Crippen molar-refractivity contribution < 1.29 is 12.8 Å². The zero-order chi connectivity index (χ0) is 14.1. The second-order valence-electron chi connectivity index (χ2n) is 5.06. The van der Waals surface area contributed by atoms with Crippen molar-refractivity contribution in [2.45, 2.75) is 37.6 Å². The molecular weight excluding hydrogens is 332 g/mol. The molecule has 2 N–H and O–H groups in total. The van der Waals surface area contributed by atoms with Gasteiger partial charge in [0.15, 0.2) is 4.67 Å². The van der Waals surface area contributed by atoms with Gasteiger partial charge in [-0.1, -0.05) is 6.92 Å². The molecule has 0 saturated heterocycles. The molecule has 0 bridgehead atoms. The molecule has 1 aliphatic rings. The maximum atomic E-state index is 12.2.